The Hall–Kier alpha value is -2.14. The standard InChI is InChI=1S/C27H36O5/c1-27(2,3)26(29)32-20-13-18-7-10-21-22(25(28)15-24(21)23(18)14-20)11-12-31-16-17-5-8-19(30-4)9-6-17/h5-10,18,20-24H,11-16H2,1-4H3/t18-,20+,21+,22+,23-,24+/m0/s1. The van der Waals surface area contributed by atoms with Crippen LogP contribution in [0.25, 0.3) is 0 Å². The van der Waals surface area contributed by atoms with Crippen LogP contribution in [0.2, 0.25) is 0 Å². The van der Waals surface area contributed by atoms with Crippen LogP contribution in [0.1, 0.15) is 52.0 Å². The highest BCUT2D eigenvalue weighted by atomic mass is 16.5. The number of ketones is 1. The Morgan fingerprint density at radius 1 is 1.06 bits per heavy atom. The first-order valence-corrected chi connectivity index (χ1v) is 11.9. The number of hydrogen-bond acceptors (Lipinski definition) is 5. The van der Waals surface area contributed by atoms with Gasteiger partial charge in [0.25, 0.3) is 0 Å². The first kappa shape index (κ1) is 23.0. The van der Waals surface area contributed by atoms with E-state index in [2.05, 4.69) is 12.2 Å². The molecule has 0 amide bonds. The summed E-state index contributed by atoms with van der Waals surface area (Å²) >= 11 is 0. The Bertz CT molecular complexity index is 850. The van der Waals surface area contributed by atoms with Crippen molar-refractivity contribution in [3.8, 4) is 5.75 Å². The predicted molar refractivity (Wildman–Crippen MR) is 122 cm³/mol. The molecular formula is C27H36O5. The molecule has 0 spiro atoms. The fourth-order valence-electron chi connectivity index (χ4n) is 5.68. The highest BCUT2D eigenvalue weighted by molar-refractivity contribution is 5.84. The third-order valence-electron chi connectivity index (χ3n) is 7.45. The molecule has 2 saturated carbocycles. The number of rotatable bonds is 7. The molecular weight excluding hydrogens is 404 g/mol. The summed E-state index contributed by atoms with van der Waals surface area (Å²) in [7, 11) is 1.66. The highest BCUT2D eigenvalue weighted by Crippen LogP contribution is 2.53. The number of ether oxygens (including phenoxy) is 3. The van der Waals surface area contributed by atoms with Crippen molar-refractivity contribution in [2.24, 2.45) is 35.0 Å². The van der Waals surface area contributed by atoms with E-state index in [1.807, 2.05) is 45.0 Å². The summed E-state index contributed by atoms with van der Waals surface area (Å²) in [6.45, 7) is 6.80. The predicted octanol–water partition coefficient (Wildman–Crippen LogP) is 4.98. The van der Waals surface area contributed by atoms with Crippen LogP contribution in [0.4, 0.5) is 0 Å². The second kappa shape index (κ2) is 9.38. The zero-order chi connectivity index (χ0) is 22.9. The Balaban J connectivity index is 1.29. The van der Waals surface area contributed by atoms with Gasteiger partial charge in [-0.25, -0.2) is 0 Å². The molecule has 174 valence electrons. The van der Waals surface area contributed by atoms with Crippen LogP contribution in [0.3, 0.4) is 0 Å². The van der Waals surface area contributed by atoms with E-state index in [9.17, 15) is 9.59 Å². The van der Waals surface area contributed by atoms with Gasteiger partial charge in [-0.05, 0) is 81.4 Å². The first-order chi connectivity index (χ1) is 15.3. The molecule has 0 radical (unpaired) electrons. The van der Waals surface area contributed by atoms with Crippen molar-refractivity contribution in [2.45, 2.75) is 59.2 Å². The number of hydrogen-bond donors (Lipinski definition) is 0. The maximum atomic E-state index is 12.9. The lowest BCUT2D eigenvalue weighted by Crippen LogP contribution is -2.28. The molecule has 3 aliphatic rings. The summed E-state index contributed by atoms with van der Waals surface area (Å²) in [5, 5.41) is 0. The summed E-state index contributed by atoms with van der Waals surface area (Å²) in [6.07, 6.45) is 7.73. The maximum Gasteiger partial charge on any atom is 0.311 e. The smallest absolute Gasteiger partial charge is 0.311 e. The molecule has 2 fully saturated rings. The number of Topliss-reactive ketones (excluding diaryl/α,β-unsaturated/α-hetero) is 1. The van der Waals surface area contributed by atoms with Gasteiger partial charge >= 0.3 is 5.97 Å². The highest BCUT2D eigenvalue weighted by Gasteiger charge is 2.51. The molecule has 0 saturated heterocycles. The average Bonchev–Trinajstić information content (AvgIpc) is 3.31. The minimum absolute atomic E-state index is 0.0258. The zero-order valence-corrected chi connectivity index (χ0v) is 19.7. The van der Waals surface area contributed by atoms with Crippen molar-refractivity contribution in [1.29, 1.82) is 0 Å². The largest absolute Gasteiger partial charge is 0.497 e. The summed E-state index contributed by atoms with van der Waals surface area (Å²) < 4.78 is 16.9. The van der Waals surface area contributed by atoms with Crippen LogP contribution >= 0.6 is 0 Å². The van der Waals surface area contributed by atoms with Crippen molar-refractivity contribution in [3.63, 3.8) is 0 Å². The van der Waals surface area contributed by atoms with Gasteiger partial charge in [-0.3, -0.25) is 9.59 Å². The zero-order valence-electron chi connectivity index (χ0n) is 19.7. The molecule has 3 aliphatic carbocycles. The Labute approximate surface area is 191 Å². The second-order valence-electron chi connectivity index (χ2n) is 10.7. The van der Waals surface area contributed by atoms with E-state index in [0.717, 1.165) is 30.6 Å². The van der Waals surface area contributed by atoms with E-state index in [1.165, 1.54) is 0 Å². The number of methoxy groups -OCH3 is 1. The molecule has 0 heterocycles. The Morgan fingerprint density at radius 3 is 2.50 bits per heavy atom. The van der Waals surface area contributed by atoms with Crippen molar-refractivity contribution < 1.29 is 23.8 Å². The van der Waals surface area contributed by atoms with Crippen LogP contribution in [0.5, 0.6) is 5.75 Å². The molecule has 0 aliphatic heterocycles. The average molecular weight is 441 g/mol. The van der Waals surface area contributed by atoms with E-state index in [1.54, 1.807) is 7.11 Å². The number of esters is 1. The van der Waals surface area contributed by atoms with E-state index in [4.69, 9.17) is 14.2 Å². The van der Waals surface area contributed by atoms with E-state index in [0.29, 0.717) is 49.1 Å². The number of carbonyl (C=O) groups excluding carboxylic acids is 2. The van der Waals surface area contributed by atoms with Gasteiger partial charge in [0, 0.05) is 18.9 Å². The van der Waals surface area contributed by atoms with E-state index in [-0.39, 0.29) is 18.0 Å². The SMILES string of the molecule is COc1ccc(COCC[C@H]2C(=O)C[C@@H]3[C@@H]2C=C[C@H]2C[C@@H](OC(=O)C(C)(C)C)C[C@H]32)cc1. The van der Waals surface area contributed by atoms with Gasteiger partial charge in [-0.1, -0.05) is 24.3 Å². The lowest BCUT2D eigenvalue weighted by atomic mass is 9.71. The summed E-state index contributed by atoms with van der Waals surface area (Å²) in [6, 6.07) is 7.87. The van der Waals surface area contributed by atoms with Crippen LogP contribution in [0.15, 0.2) is 36.4 Å². The van der Waals surface area contributed by atoms with Crippen molar-refractivity contribution in [2.75, 3.05) is 13.7 Å². The molecule has 0 aromatic heterocycles. The summed E-state index contributed by atoms with van der Waals surface area (Å²) in [4.78, 5) is 25.2. The fourth-order valence-corrected chi connectivity index (χ4v) is 5.68. The quantitative estimate of drug-likeness (QED) is 0.340. The van der Waals surface area contributed by atoms with Gasteiger partial charge in [0.05, 0.1) is 19.1 Å². The van der Waals surface area contributed by atoms with E-state index >= 15 is 0 Å². The Morgan fingerprint density at radius 2 is 1.81 bits per heavy atom. The molecule has 1 aromatic carbocycles. The van der Waals surface area contributed by atoms with Gasteiger partial charge in [0.15, 0.2) is 0 Å². The summed E-state index contributed by atoms with van der Waals surface area (Å²) in [5.74, 6) is 2.66. The molecule has 5 heteroatoms. The molecule has 6 atom stereocenters. The third kappa shape index (κ3) is 4.93. The van der Waals surface area contributed by atoms with Gasteiger partial charge in [0.1, 0.15) is 17.6 Å². The molecule has 0 unspecified atom stereocenters. The maximum absolute atomic E-state index is 12.9. The van der Waals surface area contributed by atoms with Gasteiger partial charge in [-0.2, -0.15) is 0 Å². The summed E-state index contributed by atoms with van der Waals surface area (Å²) in [5.41, 5.74) is 0.621. The topological polar surface area (TPSA) is 61.8 Å². The normalized spacial score (nSPS) is 31.3. The number of fused-ring (bicyclic) bond motifs is 3. The van der Waals surface area contributed by atoms with Crippen molar-refractivity contribution in [3.05, 3.63) is 42.0 Å². The molecule has 0 bridgehead atoms. The minimum atomic E-state index is -0.480. The molecule has 5 nitrogen and oxygen atoms in total. The lowest BCUT2D eigenvalue weighted by molar-refractivity contribution is -0.158. The van der Waals surface area contributed by atoms with Crippen LogP contribution in [0, 0.1) is 35.0 Å². The van der Waals surface area contributed by atoms with Crippen LogP contribution in [-0.4, -0.2) is 31.6 Å². The number of benzene rings is 1. The first-order valence-electron chi connectivity index (χ1n) is 11.9. The van der Waals surface area contributed by atoms with Gasteiger partial charge in [0.2, 0.25) is 0 Å². The molecule has 32 heavy (non-hydrogen) atoms. The van der Waals surface area contributed by atoms with Gasteiger partial charge < -0.3 is 14.2 Å². The Kier molecular flexibility index (Phi) is 6.75. The van der Waals surface area contributed by atoms with Crippen LogP contribution in [-0.2, 0) is 25.7 Å². The molecule has 4 rings (SSSR count). The fraction of sp³-hybridized carbons (Fsp3) is 0.630. The molecule has 0 N–H and O–H groups in total. The molecule has 1 aromatic rings. The third-order valence-corrected chi connectivity index (χ3v) is 7.45. The lowest BCUT2D eigenvalue weighted by Gasteiger charge is -2.33. The van der Waals surface area contributed by atoms with Gasteiger partial charge in [-0.15, -0.1) is 0 Å². The van der Waals surface area contributed by atoms with Crippen molar-refractivity contribution in [1.82, 2.24) is 0 Å². The monoisotopic (exact) mass is 440 g/mol. The number of carbonyl (C=O) groups is 2. The van der Waals surface area contributed by atoms with Crippen LogP contribution < -0.4 is 4.74 Å². The minimum Gasteiger partial charge on any atom is -0.497 e. The number of allylic oxidation sites excluding steroid dienone is 2. The van der Waals surface area contributed by atoms with E-state index < -0.39 is 5.41 Å². The van der Waals surface area contributed by atoms with Crippen molar-refractivity contribution >= 4 is 11.8 Å². The second-order valence-corrected chi connectivity index (χ2v) is 10.7.